The van der Waals surface area contributed by atoms with Crippen LogP contribution in [-0.4, -0.2) is 49.3 Å². The molecule has 0 aliphatic rings. The van der Waals surface area contributed by atoms with Gasteiger partial charge in [0, 0.05) is 6.54 Å². The Kier molecular flexibility index (Phi) is 5.78. The van der Waals surface area contributed by atoms with Crippen LogP contribution in [-0.2, 0) is 9.53 Å². The summed E-state index contributed by atoms with van der Waals surface area (Å²) in [7, 11) is 1.76. The minimum absolute atomic E-state index is 0.0654. The van der Waals surface area contributed by atoms with Crippen LogP contribution in [0.15, 0.2) is 0 Å². The molecule has 0 radical (unpaired) electrons. The number of likely N-dealkylation sites (N-methyl/N-ethyl adjacent to an activating group) is 1. The minimum Gasteiger partial charge on any atom is -0.465 e. The van der Waals surface area contributed by atoms with Gasteiger partial charge in [-0.3, -0.25) is 9.69 Å². The Balaban J connectivity index is 3.40. The molecule has 0 aliphatic heterocycles. The van der Waals surface area contributed by atoms with E-state index in [4.69, 9.17) is 9.84 Å². The lowest BCUT2D eigenvalue weighted by Crippen LogP contribution is -2.29. The van der Waals surface area contributed by atoms with E-state index in [0.717, 1.165) is 0 Å². The Morgan fingerprint density at radius 1 is 1.64 bits per heavy atom. The highest BCUT2D eigenvalue weighted by Crippen LogP contribution is 1.84. The highest BCUT2D eigenvalue weighted by molar-refractivity contribution is 5.71. The van der Waals surface area contributed by atoms with Gasteiger partial charge < -0.3 is 9.84 Å². The topological polar surface area (TPSA) is 49.8 Å². The van der Waals surface area contributed by atoms with Gasteiger partial charge in [-0.2, -0.15) is 0 Å². The average molecular weight is 161 g/mol. The van der Waals surface area contributed by atoms with Crippen LogP contribution in [0.25, 0.3) is 0 Å². The van der Waals surface area contributed by atoms with Gasteiger partial charge in [-0.1, -0.05) is 0 Å². The number of aliphatic hydroxyl groups excluding tert-OH is 1. The highest BCUT2D eigenvalue weighted by Gasteiger charge is 2.04. The van der Waals surface area contributed by atoms with Gasteiger partial charge in [0.15, 0.2) is 0 Å². The molecular formula is C7H15NO3. The summed E-state index contributed by atoms with van der Waals surface area (Å²) in [4.78, 5) is 12.5. The fourth-order valence-electron chi connectivity index (χ4n) is 0.677. The van der Waals surface area contributed by atoms with Crippen molar-refractivity contribution in [1.29, 1.82) is 0 Å². The first-order chi connectivity index (χ1) is 5.20. The van der Waals surface area contributed by atoms with Crippen molar-refractivity contribution in [3.05, 3.63) is 0 Å². The summed E-state index contributed by atoms with van der Waals surface area (Å²) in [5, 5.41) is 8.49. The van der Waals surface area contributed by atoms with Crippen LogP contribution in [0.2, 0.25) is 0 Å². The fourth-order valence-corrected chi connectivity index (χ4v) is 0.677. The Hall–Kier alpha value is -0.610. The molecule has 4 nitrogen and oxygen atoms in total. The van der Waals surface area contributed by atoms with Crippen molar-refractivity contribution >= 4 is 5.97 Å². The van der Waals surface area contributed by atoms with Crippen molar-refractivity contribution < 1.29 is 14.6 Å². The maximum Gasteiger partial charge on any atom is 0.320 e. The van der Waals surface area contributed by atoms with Crippen molar-refractivity contribution in [2.24, 2.45) is 0 Å². The maximum atomic E-state index is 10.8. The van der Waals surface area contributed by atoms with E-state index < -0.39 is 0 Å². The van der Waals surface area contributed by atoms with Crippen LogP contribution in [0, 0.1) is 0 Å². The normalized spacial score (nSPS) is 10.2. The molecule has 0 saturated heterocycles. The van der Waals surface area contributed by atoms with E-state index in [-0.39, 0.29) is 19.1 Å². The molecule has 0 aromatic rings. The van der Waals surface area contributed by atoms with E-state index in [0.29, 0.717) is 13.2 Å². The lowest BCUT2D eigenvalue weighted by atomic mass is 10.5. The molecular weight excluding hydrogens is 146 g/mol. The molecule has 0 amide bonds. The average Bonchev–Trinajstić information content (AvgIpc) is 1.87. The van der Waals surface area contributed by atoms with Crippen molar-refractivity contribution in [2.45, 2.75) is 6.92 Å². The van der Waals surface area contributed by atoms with Gasteiger partial charge in [-0.25, -0.2) is 0 Å². The monoisotopic (exact) mass is 161 g/mol. The first kappa shape index (κ1) is 10.4. The molecule has 1 N–H and O–H groups in total. The summed E-state index contributed by atoms with van der Waals surface area (Å²) < 4.78 is 4.70. The van der Waals surface area contributed by atoms with Crippen molar-refractivity contribution in [1.82, 2.24) is 4.90 Å². The molecule has 66 valence electrons. The summed E-state index contributed by atoms with van der Waals surface area (Å²) >= 11 is 0. The predicted molar refractivity (Wildman–Crippen MR) is 41.2 cm³/mol. The van der Waals surface area contributed by atoms with Crippen LogP contribution >= 0.6 is 0 Å². The quantitative estimate of drug-likeness (QED) is 0.551. The van der Waals surface area contributed by atoms with Gasteiger partial charge in [0.05, 0.1) is 19.8 Å². The van der Waals surface area contributed by atoms with Crippen LogP contribution in [0.5, 0.6) is 0 Å². The zero-order chi connectivity index (χ0) is 8.69. The van der Waals surface area contributed by atoms with E-state index in [1.54, 1.807) is 18.9 Å². The number of hydrogen-bond acceptors (Lipinski definition) is 4. The molecule has 4 heteroatoms. The minimum atomic E-state index is -0.247. The lowest BCUT2D eigenvalue weighted by Gasteiger charge is -2.12. The second kappa shape index (κ2) is 6.12. The number of aliphatic hydroxyl groups is 1. The van der Waals surface area contributed by atoms with Crippen molar-refractivity contribution in [2.75, 3.05) is 33.4 Å². The molecule has 11 heavy (non-hydrogen) atoms. The largest absolute Gasteiger partial charge is 0.465 e. The lowest BCUT2D eigenvalue weighted by molar-refractivity contribution is -0.144. The molecule has 0 aliphatic carbocycles. The molecule has 0 saturated carbocycles. The second-order valence-electron chi connectivity index (χ2n) is 2.27. The van der Waals surface area contributed by atoms with Gasteiger partial charge in [0.2, 0.25) is 0 Å². The zero-order valence-electron chi connectivity index (χ0n) is 7.04. The maximum absolute atomic E-state index is 10.8. The van der Waals surface area contributed by atoms with E-state index in [1.165, 1.54) is 0 Å². The Bertz CT molecular complexity index is 116. The van der Waals surface area contributed by atoms with Gasteiger partial charge in [0.1, 0.15) is 0 Å². The first-order valence-electron chi connectivity index (χ1n) is 3.65. The molecule has 0 heterocycles. The number of carbonyl (C=O) groups is 1. The summed E-state index contributed by atoms with van der Waals surface area (Å²) in [6, 6.07) is 0. The van der Waals surface area contributed by atoms with Crippen molar-refractivity contribution in [3.8, 4) is 0 Å². The SMILES string of the molecule is CCOC(=O)CN(C)CCO. The zero-order valence-corrected chi connectivity index (χ0v) is 7.04. The molecule has 0 spiro atoms. The number of hydrogen-bond donors (Lipinski definition) is 1. The van der Waals surface area contributed by atoms with Gasteiger partial charge in [0.25, 0.3) is 0 Å². The smallest absolute Gasteiger partial charge is 0.320 e. The van der Waals surface area contributed by atoms with Crippen LogP contribution in [0.3, 0.4) is 0 Å². The number of esters is 1. The van der Waals surface area contributed by atoms with Gasteiger partial charge in [-0.15, -0.1) is 0 Å². The fraction of sp³-hybridized carbons (Fsp3) is 0.857. The molecule has 0 bridgehead atoms. The Morgan fingerprint density at radius 2 is 2.27 bits per heavy atom. The third-order valence-corrected chi connectivity index (χ3v) is 1.19. The second-order valence-corrected chi connectivity index (χ2v) is 2.27. The number of ether oxygens (including phenoxy) is 1. The molecule has 0 fully saturated rings. The molecule has 0 aromatic heterocycles. The third kappa shape index (κ3) is 5.82. The molecule has 0 rings (SSSR count). The number of carbonyl (C=O) groups excluding carboxylic acids is 1. The number of nitrogens with zero attached hydrogens (tertiary/aromatic N) is 1. The van der Waals surface area contributed by atoms with Crippen LogP contribution < -0.4 is 0 Å². The van der Waals surface area contributed by atoms with E-state index in [1.807, 2.05) is 0 Å². The van der Waals surface area contributed by atoms with Crippen LogP contribution in [0.4, 0.5) is 0 Å². The van der Waals surface area contributed by atoms with Gasteiger partial charge in [-0.05, 0) is 14.0 Å². The molecule has 0 unspecified atom stereocenters. The van der Waals surface area contributed by atoms with Crippen LogP contribution in [0.1, 0.15) is 6.92 Å². The molecule has 0 aromatic carbocycles. The number of rotatable bonds is 5. The first-order valence-corrected chi connectivity index (χ1v) is 3.65. The highest BCUT2D eigenvalue weighted by atomic mass is 16.5. The predicted octanol–water partition coefficient (Wildman–Crippen LogP) is -0.526. The summed E-state index contributed by atoms with van der Waals surface area (Å²) in [5.41, 5.74) is 0. The van der Waals surface area contributed by atoms with E-state index in [9.17, 15) is 4.79 Å². The Morgan fingerprint density at radius 3 is 2.73 bits per heavy atom. The van der Waals surface area contributed by atoms with E-state index in [2.05, 4.69) is 0 Å². The Labute approximate surface area is 66.8 Å². The summed E-state index contributed by atoms with van der Waals surface area (Å²) in [5.74, 6) is -0.247. The summed E-state index contributed by atoms with van der Waals surface area (Å²) in [6.07, 6.45) is 0. The molecule has 0 atom stereocenters. The van der Waals surface area contributed by atoms with Gasteiger partial charge >= 0.3 is 5.97 Å². The van der Waals surface area contributed by atoms with Crippen molar-refractivity contribution in [3.63, 3.8) is 0 Å². The summed E-state index contributed by atoms with van der Waals surface area (Å²) in [6.45, 7) is 2.98. The standard InChI is InChI=1S/C7H15NO3/c1-3-11-7(10)6-8(2)4-5-9/h9H,3-6H2,1-2H3. The third-order valence-electron chi connectivity index (χ3n) is 1.19. The van der Waals surface area contributed by atoms with E-state index >= 15 is 0 Å².